The molecule has 3 nitrogen and oxygen atoms in total. The summed E-state index contributed by atoms with van der Waals surface area (Å²) in [6, 6.07) is 4.99. The summed E-state index contributed by atoms with van der Waals surface area (Å²) < 4.78 is 0.670. The zero-order chi connectivity index (χ0) is 8.43. The van der Waals surface area contributed by atoms with E-state index in [-0.39, 0.29) is 0 Å². The standard InChI is InChI=1S/C6H7BBrNO2/c8-5-3-1-2-4(6(5)9)7(10)11/h1-3,10-11H,9H2. The molecule has 1 aromatic rings. The Balaban J connectivity index is 3.17. The average Bonchev–Trinajstić information content (AvgIpc) is 1.94. The number of rotatable bonds is 1. The highest BCUT2D eigenvalue weighted by Gasteiger charge is 2.14. The lowest BCUT2D eigenvalue weighted by atomic mass is 9.79. The molecule has 0 atom stereocenters. The molecule has 0 saturated carbocycles. The summed E-state index contributed by atoms with van der Waals surface area (Å²) >= 11 is 3.17. The van der Waals surface area contributed by atoms with Gasteiger partial charge in [0.1, 0.15) is 0 Å². The highest BCUT2D eigenvalue weighted by Crippen LogP contribution is 2.15. The number of nitrogen functional groups attached to an aromatic ring is 1. The van der Waals surface area contributed by atoms with Crippen molar-refractivity contribution in [3.8, 4) is 0 Å². The van der Waals surface area contributed by atoms with Crippen LogP contribution in [0.1, 0.15) is 0 Å². The van der Waals surface area contributed by atoms with E-state index in [1.54, 1.807) is 18.2 Å². The number of hydrogen-bond acceptors (Lipinski definition) is 3. The fourth-order valence-corrected chi connectivity index (χ4v) is 1.16. The van der Waals surface area contributed by atoms with Gasteiger partial charge in [-0.25, -0.2) is 0 Å². The zero-order valence-corrected chi connectivity index (χ0v) is 7.25. The number of anilines is 1. The Hall–Kier alpha value is -0.515. The monoisotopic (exact) mass is 215 g/mol. The van der Waals surface area contributed by atoms with Gasteiger partial charge in [-0.15, -0.1) is 0 Å². The predicted octanol–water partition coefficient (Wildman–Crippen LogP) is -0.289. The van der Waals surface area contributed by atoms with Crippen LogP contribution < -0.4 is 11.2 Å². The lowest BCUT2D eigenvalue weighted by Gasteiger charge is -2.04. The molecule has 0 aliphatic carbocycles. The van der Waals surface area contributed by atoms with Crippen molar-refractivity contribution in [2.24, 2.45) is 0 Å². The summed E-state index contributed by atoms with van der Waals surface area (Å²) in [6.45, 7) is 0. The summed E-state index contributed by atoms with van der Waals surface area (Å²) in [5.41, 5.74) is 6.20. The first-order valence-electron chi connectivity index (χ1n) is 3.03. The van der Waals surface area contributed by atoms with Crippen LogP contribution in [0.5, 0.6) is 0 Å². The number of para-hydroxylation sites is 1. The van der Waals surface area contributed by atoms with Gasteiger partial charge in [-0.05, 0) is 22.0 Å². The Morgan fingerprint density at radius 3 is 2.45 bits per heavy atom. The Kier molecular flexibility index (Phi) is 2.54. The molecule has 5 heteroatoms. The molecule has 0 heterocycles. The van der Waals surface area contributed by atoms with E-state index < -0.39 is 7.12 Å². The molecule has 0 bridgehead atoms. The third-order valence-corrected chi connectivity index (χ3v) is 2.06. The Bertz CT molecular complexity index is 267. The molecule has 0 unspecified atom stereocenters. The number of nitrogens with two attached hydrogens (primary N) is 1. The van der Waals surface area contributed by atoms with Crippen LogP contribution >= 0.6 is 15.9 Å². The molecule has 0 fully saturated rings. The molecule has 11 heavy (non-hydrogen) atoms. The molecule has 0 aliphatic heterocycles. The minimum atomic E-state index is -1.51. The molecule has 58 valence electrons. The molecule has 1 aromatic carbocycles. The summed E-state index contributed by atoms with van der Waals surface area (Å²) in [5.74, 6) is 0. The van der Waals surface area contributed by atoms with Crippen molar-refractivity contribution in [1.29, 1.82) is 0 Å². The van der Waals surface area contributed by atoms with Gasteiger partial charge in [0.25, 0.3) is 0 Å². The zero-order valence-electron chi connectivity index (χ0n) is 5.66. The molecule has 0 spiro atoms. The first kappa shape index (κ1) is 8.58. The summed E-state index contributed by atoms with van der Waals surface area (Å²) in [6.07, 6.45) is 0. The van der Waals surface area contributed by atoms with Gasteiger partial charge in [0.05, 0.1) is 0 Å². The predicted molar refractivity (Wildman–Crippen MR) is 48.4 cm³/mol. The van der Waals surface area contributed by atoms with Gasteiger partial charge in [-0.1, -0.05) is 12.1 Å². The second kappa shape index (κ2) is 3.25. The quantitative estimate of drug-likeness (QED) is 0.446. The number of hydrogen-bond donors (Lipinski definition) is 3. The molecule has 0 aliphatic rings. The smallest absolute Gasteiger partial charge is 0.423 e. The van der Waals surface area contributed by atoms with E-state index >= 15 is 0 Å². The maximum atomic E-state index is 8.78. The fraction of sp³-hybridized carbons (Fsp3) is 0. The van der Waals surface area contributed by atoms with E-state index in [0.717, 1.165) is 0 Å². The van der Waals surface area contributed by atoms with Crippen LogP contribution in [0.4, 0.5) is 5.69 Å². The lowest BCUT2D eigenvalue weighted by molar-refractivity contribution is 0.426. The van der Waals surface area contributed by atoms with E-state index in [9.17, 15) is 0 Å². The van der Waals surface area contributed by atoms with Crippen molar-refractivity contribution in [3.63, 3.8) is 0 Å². The van der Waals surface area contributed by atoms with Crippen LogP contribution in [0.3, 0.4) is 0 Å². The number of benzene rings is 1. The average molecular weight is 216 g/mol. The van der Waals surface area contributed by atoms with E-state index in [1.807, 2.05) is 0 Å². The van der Waals surface area contributed by atoms with E-state index in [4.69, 9.17) is 15.8 Å². The largest absolute Gasteiger partial charge is 0.490 e. The first-order chi connectivity index (χ1) is 5.13. The topological polar surface area (TPSA) is 66.5 Å². The molecular weight excluding hydrogens is 209 g/mol. The molecule has 1 rings (SSSR count). The summed E-state index contributed by atoms with van der Waals surface area (Å²) in [5, 5.41) is 17.6. The van der Waals surface area contributed by atoms with Gasteiger partial charge in [-0.2, -0.15) is 0 Å². The molecule has 0 saturated heterocycles. The second-order valence-electron chi connectivity index (χ2n) is 2.12. The Morgan fingerprint density at radius 2 is 2.00 bits per heavy atom. The van der Waals surface area contributed by atoms with Crippen molar-refractivity contribution in [2.45, 2.75) is 0 Å². The van der Waals surface area contributed by atoms with Crippen LogP contribution in [-0.2, 0) is 0 Å². The minimum Gasteiger partial charge on any atom is -0.423 e. The van der Waals surface area contributed by atoms with Crippen molar-refractivity contribution in [1.82, 2.24) is 0 Å². The van der Waals surface area contributed by atoms with Gasteiger partial charge in [0.2, 0.25) is 0 Å². The van der Waals surface area contributed by atoms with Gasteiger partial charge >= 0.3 is 7.12 Å². The summed E-state index contributed by atoms with van der Waals surface area (Å²) in [4.78, 5) is 0. The van der Waals surface area contributed by atoms with Crippen LogP contribution in [-0.4, -0.2) is 17.2 Å². The van der Waals surface area contributed by atoms with Crippen LogP contribution in [0.2, 0.25) is 0 Å². The lowest BCUT2D eigenvalue weighted by Crippen LogP contribution is -2.32. The first-order valence-corrected chi connectivity index (χ1v) is 3.82. The van der Waals surface area contributed by atoms with Gasteiger partial charge in [0, 0.05) is 15.6 Å². The third kappa shape index (κ3) is 1.74. The highest BCUT2D eigenvalue weighted by molar-refractivity contribution is 9.10. The minimum absolute atomic E-state index is 0.319. The van der Waals surface area contributed by atoms with E-state index in [2.05, 4.69) is 15.9 Å². The van der Waals surface area contributed by atoms with E-state index in [1.165, 1.54) is 0 Å². The molecule has 0 amide bonds. The third-order valence-electron chi connectivity index (χ3n) is 1.36. The molecule has 4 N–H and O–H groups in total. The van der Waals surface area contributed by atoms with Crippen molar-refractivity contribution in [3.05, 3.63) is 22.7 Å². The molecular formula is C6H7BBrNO2. The highest BCUT2D eigenvalue weighted by atomic mass is 79.9. The molecule has 0 radical (unpaired) electrons. The van der Waals surface area contributed by atoms with Crippen LogP contribution in [0.25, 0.3) is 0 Å². The van der Waals surface area contributed by atoms with Crippen molar-refractivity contribution >= 4 is 34.2 Å². The Morgan fingerprint density at radius 1 is 1.36 bits per heavy atom. The van der Waals surface area contributed by atoms with Gasteiger partial charge in [-0.3, -0.25) is 0 Å². The molecule has 0 aromatic heterocycles. The van der Waals surface area contributed by atoms with Gasteiger partial charge < -0.3 is 15.8 Å². The fourth-order valence-electron chi connectivity index (χ4n) is 0.779. The maximum absolute atomic E-state index is 8.78. The van der Waals surface area contributed by atoms with Crippen LogP contribution in [0.15, 0.2) is 22.7 Å². The normalized spacial score (nSPS) is 9.73. The van der Waals surface area contributed by atoms with Crippen LogP contribution in [0, 0.1) is 0 Å². The maximum Gasteiger partial charge on any atom is 0.490 e. The van der Waals surface area contributed by atoms with Gasteiger partial charge in [0.15, 0.2) is 0 Å². The SMILES string of the molecule is Nc1c(Br)cccc1B(O)O. The summed E-state index contributed by atoms with van der Waals surface area (Å²) in [7, 11) is -1.51. The van der Waals surface area contributed by atoms with E-state index in [0.29, 0.717) is 15.6 Å². The van der Waals surface area contributed by atoms with Crippen molar-refractivity contribution < 1.29 is 10.0 Å². The Labute approximate surface area is 73.1 Å². The number of halogens is 1. The van der Waals surface area contributed by atoms with Crippen molar-refractivity contribution in [2.75, 3.05) is 5.73 Å². The second-order valence-corrected chi connectivity index (χ2v) is 2.97.